The number of fused-ring (bicyclic) bond motifs is 1. The summed E-state index contributed by atoms with van der Waals surface area (Å²) in [6.45, 7) is 1.89. The van der Waals surface area contributed by atoms with E-state index in [0.29, 0.717) is 17.7 Å². The molecule has 4 heteroatoms. The molecule has 0 bridgehead atoms. The van der Waals surface area contributed by atoms with Crippen molar-refractivity contribution in [2.75, 3.05) is 7.05 Å². The van der Waals surface area contributed by atoms with Crippen LogP contribution < -0.4 is 10.1 Å². The molecule has 0 fully saturated rings. The van der Waals surface area contributed by atoms with Gasteiger partial charge in [-0.05, 0) is 14.0 Å². The molecule has 1 heterocycles. The standard InChI is InChI=1S/C11H13F2NO/c1-6-3-9(14-2)11-8(13)4-7(12)5-10(11)15-6/h4-6,9,14H,3H2,1-2H3. The lowest BCUT2D eigenvalue weighted by atomic mass is 9.96. The second kappa shape index (κ2) is 3.77. The lowest BCUT2D eigenvalue weighted by Crippen LogP contribution is -2.30. The summed E-state index contributed by atoms with van der Waals surface area (Å²) in [4.78, 5) is 0. The summed E-state index contributed by atoms with van der Waals surface area (Å²) in [5.41, 5.74) is 0.428. The van der Waals surface area contributed by atoms with E-state index in [4.69, 9.17) is 4.74 Å². The van der Waals surface area contributed by atoms with Crippen LogP contribution in [-0.2, 0) is 0 Å². The fourth-order valence-corrected chi connectivity index (χ4v) is 1.97. The van der Waals surface area contributed by atoms with Gasteiger partial charge in [-0.3, -0.25) is 0 Å². The van der Waals surface area contributed by atoms with Crippen molar-refractivity contribution in [3.05, 3.63) is 29.3 Å². The van der Waals surface area contributed by atoms with Crippen LogP contribution in [0.2, 0.25) is 0 Å². The van der Waals surface area contributed by atoms with E-state index in [0.717, 1.165) is 6.07 Å². The van der Waals surface area contributed by atoms with E-state index in [9.17, 15) is 8.78 Å². The Kier molecular flexibility index (Phi) is 2.61. The van der Waals surface area contributed by atoms with Gasteiger partial charge in [0.25, 0.3) is 0 Å². The number of benzene rings is 1. The number of rotatable bonds is 1. The van der Waals surface area contributed by atoms with E-state index in [1.54, 1.807) is 7.05 Å². The maximum atomic E-state index is 13.5. The molecular weight excluding hydrogens is 200 g/mol. The molecule has 82 valence electrons. The second-order valence-electron chi connectivity index (χ2n) is 3.80. The highest BCUT2D eigenvalue weighted by atomic mass is 19.1. The highest BCUT2D eigenvalue weighted by Gasteiger charge is 2.28. The fraction of sp³-hybridized carbons (Fsp3) is 0.455. The SMILES string of the molecule is CNC1CC(C)Oc2cc(F)cc(F)c21. The van der Waals surface area contributed by atoms with Crippen LogP contribution in [0.15, 0.2) is 12.1 Å². The van der Waals surface area contributed by atoms with Crippen LogP contribution >= 0.6 is 0 Å². The van der Waals surface area contributed by atoms with Crippen LogP contribution in [0.1, 0.15) is 24.9 Å². The van der Waals surface area contributed by atoms with Gasteiger partial charge < -0.3 is 10.1 Å². The Balaban J connectivity index is 2.51. The van der Waals surface area contributed by atoms with Gasteiger partial charge in [0.1, 0.15) is 17.4 Å². The minimum Gasteiger partial charge on any atom is -0.490 e. The van der Waals surface area contributed by atoms with Crippen LogP contribution in [0.3, 0.4) is 0 Å². The molecule has 2 nitrogen and oxygen atoms in total. The monoisotopic (exact) mass is 213 g/mol. The first-order valence-corrected chi connectivity index (χ1v) is 4.94. The predicted octanol–water partition coefficient (Wildman–Crippen LogP) is 2.40. The van der Waals surface area contributed by atoms with E-state index in [1.807, 2.05) is 6.92 Å². The van der Waals surface area contributed by atoms with Crippen molar-refractivity contribution in [1.82, 2.24) is 5.32 Å². The van der Waals surface area contributed by atoms with Crippen molar-refractivity contribution < 1.29 is 13.5 Å². The summed E-state index contributed by atoms with van der Waals surface area (Å²) in [6.07, 6.45) is 0.655. The zero-order valence-corrected chi connectivity index (χ0v) is 8.68. The molecule has 2 rings (SSSR count). The normalized spacial score (nSPS) is 24.5. The lowest BCUT2D eigenvalue weighted by molar-refractivity contribution is 0.165. The van der Waals surface area contributed by atoms with Gasteiger partial charge in [-0.15, -0.1) is 0 Å². The second-order valence-corrected chi connectivity index (χ2v) is 3.80. The topological polar surface area (TPSA) is 21.3 Å². The van der Waals surface area contributed by atoms with Crippen molar-refractivity contribution in [3.8, 4) is 5.75 Å². The minimum absolute atomic E-state index is 0.0313. The molecule has 0 saturated carbocycles. The highest BCUT2D eigenvalue weighted by Crippen LogP contribution is 2.36. The van der Waals surface area contributed by atoms with Crippen molar-refractivity contribution in [2.24, 2.45) is 0 Å². The van der Waals surface area contributed by atoms with E-state index >= 15 is 0 Å². The molecule has 15 heavy (non-hydrogen) atoms. The molecule has 0 saturated heterocycles. The van der Waals surface area contributed by atoms with Gasteiger partial charge in [0.15, 0.2) is 0 Å². The van der Waals surface area contributed by atoms with Crippen molar-refractivity contribution >= 4 is 0 Å². The van der Waals surface area contributed by atoms with Crippen LogP contribution in [-0.4, -0.2) is 13.2 Å². The van der Waals surface area contributed by atoms with Gasteiger partial charge in [-0.25, -0.2) is 8.78 Å². The number of nitrogens with one attached hydrogen (secondary N) is 1. The third-order valence-corrected chi connectivity index (χ3v) is 2.65. The molecule has 2 unspecified atom stereocenters. The first kappa shape index (κ1) is 10.4. The Labute approximate surface area is 87.2 Å². The van der Waals surface area contributed by atoms with Crippen LogP contribution in [0, 0.1) is 11.6 Å². The van der Waals surface area contributed by atoms with Crippen LogP contribution in [0.25, 0.3) is 0 Å². The smallest absolute Gasteiger partial charge is 0.134 e. The maximum absolute atomic E-state index is 13.5. The van der Waals surface area contributed by atoms with Gasteiger partial charge in [0.2, 0.25) is 0 Å². The molecular formula is C11H13F2NO. The molecule has 2 atom stereocenters. The van der Waals surface area contributed by atoms with Gasteiger partial charge in [0, 0.05) is 30.2 Å². The molecule has 0 radical (unpaired) electrons. The summed E-state index contributed by atoms with van der Waals surface area (Å²) in [5.74, 6) is -0.836. The first-order chi connectivity index (χ1) is 7.11. The van der Waals surface area contributed by atoms with Crippen LogP contribution in [0.5, 0.6) is 5.75 Å². The fourth-order valence-electron chi connectivity index (χ4n) is 1.97. The summed E-state index contributed by atoms with van der Waals surface area (Å²) in [7, 11) is 1.76. The first-order valence-electron chi connectivity index (χ1n) is 4.94. The number of ether oxygens (including phenoxy) is 1. The lowest BCUT2D eigenvalue weighted by Gasteiger charge is -2.30. The molecule has 1 aliphatic rings. The zero-order chi connectivity index (χ0) is 11.0. The highest BCUT2D eigenvalue weighted by molar-refractivity contribution is 5.39. The molecule has 0 amide bonds. The van der Waals surface area contributed by atoms with E-state index in [2.05, 4.69) is 5.32 Å². The van der Waals surface area contributed by atoms with Gasteiger partial charge in [-0.1, -0.05) is 0 Å². The third kappa shape index (κ3) is 1.81. The van der Waals surface area contributed by atoms with Crippen molar-refractivity contribution in [2.45, 2.75) is 25.5 Å². The molecule has 0 aliphatic carbocycles. The minimum atomic E-state index is -0.602. The van der Waals surface area contributed by atoms with E-state index in [1.165, 1.54) is 6.07 Å². The number of hydrogen-bond donors (Lipinski definition) is 1. The van der Waals surface area contributed by atoms with Crippen LogP contribution in [0.4, 0.5) is 8.78 Å². The Morgan fingerprint density at radius 2 is 2.13 bits per heavy atom. The zero-order valence-electron chi connectivity index (χ0n) is 8.68. The average Bonchev–Trinajstić information content (AvgIpc) is 2.14. The molecule has 1 aliphatic heterocycles. The molecule has 1 aromatic carbocycles. The van der Waals surface area contributed by atoms with E-state index in [-0.39, 0.29) is 12.1 Å². The van der Waals surface area contributed by atoms with E-state index < -0.39 is 11.6 Å². The quantitative estimate of drug-likeness (QED) is 0.773. The Morgan fingerprint density at radius 1 is 1.40 bits per heavy atom. The summed E-state index contributed by atoms with van der Waals surface area (Å²) < 4.78 is 31.9. The summed E-state index contributed by atoms with van der Waals surface area (Å²) in [5, 5.41) is 3.01. The molecule has 0 spiro atoms. The Morgan fingerprint density at radius 3 is 2.80 bits per heavy atom. The van der Waals surface area contributed by atoms with Crippen molar-refractivity contribution in [3.63, 3.8) is 0 Å². The Bertz CT molecular complexity index is 381. The Hall–Kier alpha value is -1.16. The number of halogens is 2. The molecule has 1 N–H and O–H groups in total. The summed E-state index contributed by atoms with van der Waals surface area (Å²) in [6, 6.07) is 2.02. The van der Waals surface area contributed by atoms with Gasteiger partial charge in [-0.2, -0.15) is 0 Å². The number of hydrogen-bond acceptors (Lipinski definition) is 2. The third-order valence-electron chi connectivity index (χ3n) is 2.65. The van der Waals surface area contributed by atoms with Gasteiger partial charge in [0.05, 0.1) is 6.10 Å². The van der Waals surface area contributed by atoms with Gasteiger partial charge >= 0.3 is 0 Å². The predicted molar refractivity (Wildman–Crippen MR) is 52.9 cm³/mol. The van der Waals surface area contributed by atoms with Crippen molar-refractivity contribution in [1.29, 1.82) is 0 Å². The largest absolute Gasteiger partial charge is 0.490 e. The molecule has 0 aromatic heterocycles. The molecule has 1 aromatic rings. The summed E-state index contributed by atoms with van der Waals surface area (Å²) >= 11 is 0. The maximum Gasteiger partial charge on any atom is 0.134 e. The average molecular weight is 213 g/mol.